The van der Waals surface area contributed by atoms with E-state index in [2.05, 4.69) is 10.3 Å². The highest BCUT2D eigenvalue weighted by atomic mass is 32.2. The highest BCUT2D eigenvalue weighted by molar-refractivity contribution is 8.16. The summed E-state index contributed by atoms with van der Waals surface area (Å²) in [5.41, 5.74) is 3.57. The van der Waals surface area contributed by atoms with E-state index in [9.17, 15) is 9.59 Å². The zero-order valence-electron chi connectivity index (χ0n) is 22.3. The molecule has 0 aliphatic carbocycles. The molecule has 0 spiro atoms. The zero-order valence-corrected chi connectivity index (χ0v) is 23.1. The maximum Gasteiger partial charge on any atom is 0.338 e. The van der Waals surface area contributed by atoms with Gasteiger partial charge >= 0.3 is 5.97 Å². The molecule has 4 rings (SSSR count). The van der Waals surface area contributed by atoms with Crippen LogP contribution in [0.25, 0.3) is 0 Å². The molecule has 1 atom stereocenters. The molecule has 1 amide bonds. The minimum Gasteiger partial charge on any atom is -0.493 e. The fourth-order valence-corrected chi connectivity index (χ4v) is 5.27. The number of amidine groups is 1. The molecule has 38 heavy (non-hydrogen) atoms. The number of aliphatic imine (C=N–C) groups is 1. The molecule has 8 nitrogen and oxygen atoms in total. The van der Waals surface area contributed by atoms with E-state index >= 15 is 0 Å². The highest BCUT2D eigenvalue weighted by Gasteiger charge is 2.41. The minimum absolute atomic E-state index is 0.0846. The topological polar surface area (TPSA) is 89.5 Å². The number of nitrogens with zero attached hydrogens (tertiary/aromatic N) is 2. The summed E-state index contributed by atoms with van der Waals surface area (Å²) in [6.45, 7) is 6.88. The number of hydrogen-bond acceptors (Lipinski definition) is 8. The molecule has 200 valence electrons. The number of esters is 1. The molecule has 0 aromatic heterocycles. The lowest BCUT2D eigenvalue weighted by atomic mass is 9.93. The first kappa shape index (κ1) is 27.3. The molecule has 1 N–H and O–H groups in total. The molecule has 2 aromatic carbocycles. The summed E-state index contributed by atoms with van der Waals surface area (Å²) < 4.78 is 16.9. The summed E-state index contributed by atoms with van der Waals surface area (Å²) >= 11 is 1.43. The average Bonchev–Trinajstić information content (AvgIpc) is 3.31. The zero-order chi connectivity index (χ0) is 27.2. The second-order valence-corrected chi connectivity index (χ2v) is 10.3. The van der Waals surface area contributed by atoms with Crippen molar-refractivity contribution in [3.8, 4) is 11.5 Å². The van der Waals surface area contributed by atoms with Crippen LogP contribution < -0.4 is 14.8 Å². The Balaban J connectivity index is 1.67. The van der Waals surface area contributed by atoms with Crippen molar-refractivity contribution in [2.45, 2.75) is 39.8 Å². The van der Waals surface area contributed by atoms with Crippen molar-refractivity contribution in [3.05, 3.63) is 82.0 Å². The van der Waals surface area contributed by atoms with Crippen LogP contribution >= 0.6 is 11.8 Å². The summed E-state index contributed by atoms with van der Waals surface area (Å²) in [6, 6.07) is 14.9. The van der Waals surface area contributed by atoms with Crippen molar-refractivity contribution in [1.29, 1.82) is 0 Å². The van der Waals surface area contributed by atoms with Crippen molar-refractivity contribution in [3.63, 3.8) is 0 Å². The van der Waals surface area contributed by atoms with E-state index in [1.54, 1.807) is 14.0 Å². The summed E-state index contributed by atoms with van der Waals surface area (Å²) in [6.07, 6.45) is 0.165. The van der Waals surface area contributed by atoms with Crippen molar-refractivity contribution >= 4 is 28.8 Å². The summed E-state index contributed by atoms with van der Waals surface area (Å²) in [4.78, 5) is 32.3. The fraction of sp³-hybridized carbons (Fsp3) is 0.345. The number of thioether (sulfide) groups is 1. The van der Waals surface area contributed by atoms with Gasteiger partial charge in [0, 0.05) is 12.2 Å². The van der Waals surface area contributed by atoms with Crippen molar-refractivity contribution in [2.24, 2.45) is 10.9 Å². The Morgan fingerprint density at radius 2 is 1.87 bits per heavy atom. The normalized spacial score (nSPS) is 16.6. The number of rotatable bonds is 10. The highest BCUT2D eigenvalue weighted by Crippen LogP contribution is 2.46. The number of carbonyl (C=O) groups excluding carboxylic acids is 2. The third-order valence-corrected chi connectivity index (χ3v) is 7.08. The molecule has 0 radical (unpaired) electrons. The van der Waals surface area contributed by atoms with E-state index < -0.39 is 12.0 Å². The van der Waals surface area contributed by atoms with Gasteiger partial charge in [0.1, 0.15) is 6.61 Å². The first-order chi connectivity index (χ1) is 18.3. The van der Waals surface area contributed by atoms with Crippen LogP contribution in [0.4, 0.5) is 0 Å². The van der Waals surface area contributed by atoms with Crippen LogP contribution in [0.5, 0.6) is 11.5 Å². The number of carbonyl (C=O) groups is 2. The molecule has 9 heteroatoms. The summed E-state index contributed by atoms with van der Waals surface area (Å²) in [7, 11) is 2.94. The monoisotopic (exact) mass is 535 g/mol. The van der Waals surface area contributed by atoms with Gasteiger partial charge in [0.25, 0.3) is 0 Å². The predicted molar refractivity (Wildman–Crippen MR) is 149 cm³/mol. The van der Waals surface area contributed by atoms with E-state index in [1.165, 1.54) is 18.9 Å². The quantitative estimate of drug-likeness (QED) is 0.419. The van der Waals surface area contributed by atoms with Gasteiger partial charge in [-0.15, -0.1) is 0 Å². The largest absolute Gasteiger partial charge is 0.493 e. The lowest BCUT2D eigenvalue weighted by Gasteiger charge is -2.36. The van der Waals surface area contributed by atoms with Crippen LogP contribution in [-0.2, 0) is 20.9 Å². The van der Waals surface area contributed by atoms with Crippen LogP contribution in [-0.4, -0.2) is 42.7 Å². The Hall–Kier alpha value is -3.72. The molecule has 0 saturated carbocycles. The van der Waals surface area contributed by atoms with Crippen LogP contribution in [0.2, 0.25) is 0 Å². The number of nitrogens with one attached hydrogen (secondary N) is 1. The summed E-state index contributed by atoms with van der Waals surface area (Å²) in [5.74, 6) is 0.913. The van der Waals surface area contributed by atoms with Crippen LogP contribution in [0, 0.1) is 5.92 Å². The van der Waals surface area contributed by atoms with E-state index in [-0.39, 0.29) is 12.3 Å². The summed E-state index contributed by atoms with van der Waals surface area (Å²) in [5, 5.41) is 5.59. The molecule has 2 aliphatic rings. The molecule has 0 fully saturated rings. The Bertz CT molecular complexity index is 1290. The smallest absolute Gasteiger partial charge is 0.338 e. The number of fused-ring (bicyclic) bond motifs is 1. The molecule has 0 bridgehead atoms. The molecule has 0 saturated heterocycles. The minimum atomic E-state index is -0.550. The Morgan fingerprint density at radius 3 is 2.55 bits per heavy atom. The lowest BCUT2D eigenvalue weighted by Crippen LogP contribution is -2.38. The number of allylic oxidation sites excluding steroid dienone is 1. The van der Waals surface area contributed by atoms with Crippen molar-refractivity contribution < 1.29 is 23.8 Å². The average molecular weight is 536 g/mol. The standard InChI is InChI=1S/C29H33N3O5S/c1-18(2)15-30-25(33)14-22-17-38-29-31-19(3)26(28(34)36-5)27(32(22)29)21-11-12-23(24(13-21)35-4)37-16-20-9-7-6-8-10-20/h6-13,17-18,27H,14-16H2,1-5H3,(H,30,33). The molecule has 1 unspecified atom stereocenters. The number of ether oxygens (including phenoxy) is 3. The molecule has 2 aliphatic heterocycles. The first-order valence-corrected chi connectivity index (χ1v) is 13.3. The number of methoxy groups -OCH3 is 2. The van der Waals surface area contributed by atoms with Crippen LogP contribution in [0.1, 0.15) is 44.4 Å². The molecular formula is C29H33N3O5S. The van der Waals surface area contributed by atoms with E-state index in [0.29, 0.717) is 47.0 Å². The molecule has 2 heterocycles. The maximum atomic E-state index is 13.0. The van der Waals surface area contributed by atoms with E-state index in [1.807, 2.05) is 72.7 Å². The SMILES string of the molecule is COC(=O)C1=C(C)N=C2SC=C(CC(=O)NCC(C)C)N2C1c1ccc(OCc2ccccc2)c(OC)c1. The molecular weight excluding hydrogens is 502 g/mol. The number of benzene rings is 2. The molecule has 2 aromatic rings. The van der Waals surface area contributed by atoms with Crippen LogP contribution in [0.3, 0.4) is 0 Å². The van der Waals surface area contributed by atoms with E-state index in [4.69, 9.17) is 14.2 Å². The van der Waals surface area contributed by atoms with Gasteiger partial charge in [-0.2, -0.15) is 0 Å². The second-order valence-electron chi connectivity index (χ2n) is 9.44. The Morgan fingerprint density at radius 1 is 1.11 bits per heavy atom. The van der Waals surface area contributed by atoms with Gasteiger partial charge < -0.3 is 24.4 Å². The fourth-order valence-electron chi connectivity index (χ4n) is 4.31. The van der Waals surface area contributed by atoms with Gasteiger partial charge in [-0.05, 0) is 41.5 Å². The first-order valence-electron chi connectivity index (χ1n) is 12.5. The van der Waals surface area contributed by atoms with Crippen molar-refractivity contribution in [2.75, 3.05) is 20.8 Å². The van der Waals surface area contributed by atoms with Gasteiger partial charge in [0.15, 0.2) is 16.7 Å². The lowest BCUT2D eigenvalue weighted by molar-refractivity contribution is -0.136. The van der Waals surface area contributed by atoms with Gasteiger partial charge in [0.05, 0.1) is 38.0 Å². The predicted octanol–water partition coefficient (Wildman–Crippen LogP) is 5.18. The number of amides is 1. The van der Waals surface area contributed by atoms with Gasteiger partial charge in [-0.1, -0.05) is 62.0 Å². The maximum absolute atomic E-state index is 13.0. The Labute approximate surface area is 227 Å². The third-order valence-electron chi connectivity index (χ3n) is 6.20. The second kappa shape index (κ2) is 12.2. The van der Waals surface area contributed by atoms with Gasteiger partial charge in [-0.3, -0.25) is 4.79 Å². The van der Waals surface area contributed by atoms with Gasteiger partial charge in [-0.25, -0.2) is 9.79 Å². The van der Waals surface area contributed by atoms with E-state index in [0.717, 1.165) is 16.8 Å². The third kappa shape index (κ3) is 6.05. The Kier molecular flexibility index (Phi) is 8.78. The van der Waals surface area contributed by atoms with Gasteiger partial charge in [0.2, 0.25) is 5.91 Å². The van der Waals surface area contributed by atoms with Crippen molar-refractivity contribution in [1.82, 2.24) is 10.2 Å². The number of hydrogen-bond donors (Lipinski definition) is 1. The van der Waals surface area contributed by atoms with Crippen LogP contribution in [0.15, 0.2) is 75.9 Å².